The molecule has 0 unspecified atom stereocenters. The van der Waals surface area contributed by atoms with Crippen LogP contribution in [0.25, 0.3) is 0 Å². The molecule has 6 heteroatoms. The van der Waals surface area contributed by atoms with Crippen LogP contribution in [-0.4, -0.2) is 30.6 Å². The van der Waals surface area contributed by atoms with Gasteiger partial charge in [0.25, 0.3) is 0 Å². The molecule has 0 radical (unpaired) electrons. The number of nitrogens with zero attached hydrogens (tertiary/aromatic N) is 5. The number of aromatic nitrogens is 5. The van der Waals surface area contributed by atoms with E-state index in [-0.39, 0.29) is 0 Å². The first-order valence-corrected chi connectivity index (χ1v) is 6.73. The first-order chi connectivity index (χ1) is 9.10. The van der Waals surface area contributed by atoms with E-state index in [9.17, 15) is 0 Å². The van der Waals surface area contributed by atoms with Crippen molar-refractivity contribution < 1.29 is 0 Å². The number of aryl methyl sites for hydroxylation is 2. The summed E-state index contributed by atoms with van der Waals surface area (Å²) < 4.78 is 3.83. The Morgan fingerprint density at radius 3 is 2.84 bits per heavy atom. The smallest absolute Gasteiger partial charge is 0.148 e. The minimum atomic E-state index is 0.478. The summed E-state index contributed by atoms with van der Waals surface area (Å²) in [6.45, 7) is 10.7. The summed E-state index contributed by atoms with van der Waals surface area (Å²) >= 11 is 0. The van der Waals surface area contributed by atoms with Crippen molar-refractivity contribution in [2.45, 2.75) is 53.4 Å². The molecule has 104 valence electrons. The fourth-order valence-corrected chi connectivity index (χ4v) is 1.95. The molecule has 0 aromatic carbocycles. The zero-order valence-electron chi connectivity index (χ0n) is 12.1. The maximum absolute atomic E-state index is 4.53. The molecular weight excluding hydrogens is 240 g/mol. The number of nitrogens with one attached hydrogen (secondary N) is 1. The summed E-state index contributed by atoms with van der Waals surface area (Å²) in [7, 11) is 0. The largest absolute Gasteiger partial charge is 0.310 e. The highest BCUT2D eigenvalue weighted by Crippen LogP contribution is 2.07. The first kappa shape index (κ1) is 13.7. The topological polar surface area (TPSA) is 60.6 Å². The number of hydrogen-bond acceptors (Lipinski definition) is 4. The molecule has 19 heavy (non-hydrogen) atoms. The predicted octanol–water partition coefficient (Wildman–Crippen LogP) is 1.35. The van der Waals surface area contributed by atoms with Crippen molar-refractivity contribution in [1.82, 2.24) is 29.9 Å². The second-order valence-corrected chi connectivity index (χ2v) is 4.96. The second kappa shape index (κ2) is 5.97. The van der Waals surface area contributed by atoms with E-state index in [4.69, 9.17) is 0 Å². The Kier molecular flexibility index (Phi) is 4.31. The molecular formula is C13H22N6. The molecule has 0 saturated heterocycles. The molecule has 0 aliphatic rings. The molecule has 0 amide bonds. The Morgan fingerprint density at radius 2 is 2.16 bits per heavy atom. The van der Waals surface area contributed by atoms with Crippen molar-refractivity contribution in [3.63, 3.8) is 0 Å². The third kappa shape index (κ3) is 3.41. The van der Waals surface area contributed by atoms with Crippen LogP contribution in [0.1, 0.15) is 37.9 Å². The van der Waals surface area contributed by atoms with Gasteiger partial charge in [-0.2, -0.15) is 10.2 Å². The van der Waals surface area contributed by atoms with Crippen LogP contribution in [0.3, 0.4) is 0 Å². The van der Waals surface area contributed by atoms with Crippen LogP contribution in [-0.2, 0) is 19.6 Å². The molecule has 2 heterocycles. The summed E-state index contributed by atoms with van der Waals surface area (Å²) in [4.78, 5) is 4.27. The van der Waals surface area contributed by atoms with E-state index in [1.165, 1.54) is 5.56 Å². The molecule has 0 fully saturated rings. The zero-order valence-corrected chi connectivity index (χ0v) is 12.1. The molecule has 0 spiro atoms. The van der Waals surface area contributed by atoms with Gasteiger partial charge in [0.05, 0.1) is 5.69 Å². The third-order valence-electron chi connectivity index (χ3n) is 3.05. The molecule has 2 aromatic heterocycles. The normalized spacial score (nSPS) is 11.4. The fourth-order valence-electron chi connectivity index (χ4n) is 1.95. The summed E-state index contributed by atoms with van der Waals surface area (Å²) in [5, 5.41) is 12.1. The van der Waals surface area contributed by atoms with Gasteiger partial charge in [0.2, 0.25) is 0 Å². The van der Waals surface area contributed by atoms with E-state index in [1.54, 1.807) is 6.33 Å². The molecule has 1 N–H and O–H groups in total. The van der Waals surface area contributed by atoms with Crippen LogP contribution < -0.4 is 5.32 Å². The summed E-state index contributed by atoms with van der Waals surface area (Å²) in [5.41, 5.74) is 2.30. The Bertz CT molecular complexity index is 525. The molecule has 0 aliphatic heterocycles. The van der Waals surface area contributed by atoms with E-state index < -0.39 is 0 Å². The van der Waals surface area contributed by atoms with Gasteiger partial charge < -0.3 is 5.32 Å². The van der Waals surface area contributed by atoms with Crippen molar-refractivity contribution in [2.75, 3.05) is 0 Å². The standard InChI is InChI=1S/C13H22N6/c1-5-19-13(15-9-16-19)8-18-7-12(11(4)17-18)6-14-10(2)3/h7,9-10,14H,5-6,8H2,1-4H3. The lowest BCUT2D eigenvalue weighted by atomic mass is 10.2. The monoisotopic (exact) mass is 262 g/mol. The highest BCUT2D eigenvalue weighted by Gasteiger charge is 2.08. The van der Waals surface area contributed by atoms with E-state index in [0.29, 0.717) is 12.6 Å². The molecule has 6 nitrogen and oxygen atoms in total. The van der Waals surface area contributed by atoms with Gasteiger partial charge in [0.1, 0.15) is 18.7 Å². The highest BCUT2D eigenvalue weighted by molar-refractivity contribution is 5.15. The summed E-state index contributed by atoms with van der Waals surface area (Å²) in [6.07, 6.45) is 3.68. The highest BCUT2D eigenvalue weighted by atomic mass is 15.4. The van der Waals surface area contributed by atoms with Crippen molar-refractivity contribution in [1.29, 1.82) is 0 Å². The number of hydrogen-bond donors (Lipinski definition) is 1. The minimum Gasteiger partial charge on any atom is -0.310 e. The average molecular weight is 262 g/mol. The van der Waals surface area contributed by atoms with Gasteiger partial charge in [-0.1, -0.05) is 13.8 Å². The van der Waals surface area contributed by atoms with Crippen LogP contribution >= 0.6 is 0 Å². The lowest BCUT2D eigenvalue weighted by Gasteiger charge is -2.06. The van der Waals surface area contributed by atoms with Crippen molar-refractivity contribution in [2.24, 2.45) is 0 Å². The van der Waals surface area contributed by atoms with Gasteiger partial charge in [-0.3, -0.25) is 4.68 Å². The molecule has 0 atom stereocenters. The van der Waals surface area contributed by atoms with Gasteiger partial charge in [0, 0.05) is 30.9 Å². The van der Waals surface area contributed by atoms with Crippen LogP contribution in [0.2, 0.25) is 0 Å². The van der Waals surface area contributed by atoms with Crippen LogP contribution in [0.15, 0.2) is 12.5 Å². The van der Waals surface area contributed by atoms with Gasteiger partial charge in [-0.05, 0) is 13.8 Å². The average Bonchev–Trinajstić information content (AvgIpc) is 2.94. The Balaban J connectivity index is 2.07. The van der Waals surface area contributed by atoms with Crippen LogP contribution in [0.4, 0.5) is 0 Å². The SMILES string of the molecule is CCn1ncnc1Cn1cc(CNC(C)C)c(C)n1. The van der Waals surface area contributed by atoms with E-state index in [2.05, 4.69) is 47.5 Å². The second-order valence-electron chi connectivity index (χ2n) is 4.96. The Morgan fingerprint density at radius 1 is 1.37 bits per heavy atom. The van der Waals surface area contributed by atoms with Crippen LogP contribution in [0.5, 0.6) is 0 Å². The molecule has 0 bridgehead atoms. The van der Waals surface area contributed by atoms with Crippen LogP contribution in [0, 0.1) is 6.92 Å². The van der Waals surface area contributed by atoms with E-state index >= 15 is 0 Å². The van der Waals surface area contributed by atoms with Gasteiger partial charge in [-0.25, -0.2) is 9.67 Å². The first-order valence-electron chi connectivity index (χ1n) is 6.73. The molecule has 0 saturated carbocycles. The van der Waals surface area contributed by atoms with Gasteiger partial charge in [-0.15, -0.1) is 0 Å². The minimum absolute atomic E-state index is 0.478. The Hall–Kier alpha value is -1.69. The lowest BCUT2D eigenvalue weighted by Crippen LogP contribution is -2.21. The van der Waals surface area contributed by atoms with Crippen molar-refractivity contribution >= 4 is 0 Å². The molecule has 2 aromatic rings. The molecule has 2 rings (SSSR count). The van der Waals surface area contributed by atoms with Crippen molar-refractivity contribution in [3.05, 3.63) is 29.6 Å². The zero-order chi connectivity index (χ0) is 13.8. The quantitative estimate of drug-likeness (QED) is 0.853. The molecule has 0 aliphatic carbocycles. The summed E-state index contributed by atoms with van der Waals surface area (Å²) in [6, 6.07) is 0.478. The van der Waals surface area contributed by atoms with E-state index in [0.717, 1.165) is 24.6 Å². The van der Waals surface area contributed by atoms with Crippen molar-refractivity contribution in [3.8, 4) is 0 Å². The van der Waals surface area contributed by atoms with Gasteiger partial charge >= 0.3 is 0 Å². The Labute approximate surface area is 113 Å². The fraction of sp³-hybridized carbons (Fsp3) is 0.615. The van der Waals surface area contributed by atoms with Gasteiger partial charge in [0.15, 0.2) is 0 Å². The van der Waals surface area contributed by atoms with E-state index in [1.807, 2.05) is 16.3 Å². The lowest BCUT2D eigenvalue weighted by molar-refractivity contribution is 0.565. The summed E-state index contributed by atoms with van der Waals surface area (Å²) in [5.74, 6) is 0.938. The maximum Gasteiger partial charge on any atom is 0.148 e. The third-order valence-corrected chi connectivity index (χ3v) is 3.05. The maximum atomic E-state index is 4.53. The predicted molar refractivity (Wildman–Crippen MR) is 73.7 cm³/mol. The number of rotatable bonds is 6.